The van der Waals surface area contributed by atoms with Gasteiger partial charge in [-0.25, -0.2) is 0 Å². The largest absolute Gasteiger partial charge is 0.484 e. The van der Waals surface area contributed by atoms with E-state index in [9.17, 15) is 13.2 Å². The van der Waals surface area contributed by atoms with Crippen molar-refractivity contribution < 1.29 is 17.9 Å². The van der Waals surface area contributed by atoms with Crippen LogP contribution in [0.25, 0.3) is 0 Å². The van der Waals surface area contributed by atoms with Crippen LogP contribution in [0.2, 0.25) is 0 Å². The van der Waals surface area contributed by atoms with E-state index in [0.29, 0.717) is 18.2 Å². The zero-order chi connectivity index (χ0) is 17.2. The van der Waals surface area contributed by atoms with E-state index in [-0.39, 0.29) is 0 Å². The van der Waals surface area contributed by atoms with E-state index in [0.717, 1.165) is 25.1 Å². The molecule has 0 aliphatic carbocycles. The number of likely N-dealkylation sites (tertiary alicyclic amines) is 1. The Morgan fingerprint density at radius 2 is 2.08 bits per heavy atom. The molecule has 130 valence electrons. The molecule has 1 saturated heterocycles. The lowest BCUT2D eigenvalue weighted by atomic mass is 10.0. The Morgan fingerprint density at radius 1 is 1.29 bits per heavy atom. The molecular weight excluding hydrogens is 319 g/mol. The standard InChI is InChI=1S/C17H20F3N3O/c1-22-9-15(8-21-22)13-6-7-23(10-13)11-14-4-2-3-5-16(14)24-12-17(18,19)20/h2-5,8-9,13H,6-7,10-12H2,1H3. The Morgan fingerprint density at radius 3 is 2.79 bits per heavy atom. The average Bonchev–Trinajstić information content (AvgIpc) is 3.14. The Bertz CT molecular complexity index is 684. The van der Waals surface area contributed by atoms with Gasteiger partial charge >= 0.3 is 6.18 Å². The third-order valence-corrected chi connectivity index (χ3v) is 4.23. The fraction of sp³-hybridized carbons (Fsp3) is 0.471. The molecule has 1 unspecified atom stereocenters. The van der Waals surface area contributed by atoms with Crippen molar-refractivity contribution in [1.29, 1.82) is 0 Å². The predicted octanol–water partition coefficient (Wildman–Crippen LogP) is 3.35. The number of para-hydroxylation sites is 1. The number of nitrogens with zero attached hydrogens (tertiary/aromatic N) is 3. The molecule has 24 heavy (non-hydrogen) atoms. The van der Waals surface area contributed by atoms with E-state index in [4.69, 9.17) is 4.74 Å². The van der Waals surface area contributed by atoms with E-state index in [1.807, 2.05) is 31.6 Å². The minimum absolute atomic E-state index is 0.305. The zero-order valence-corrected chi connectivity index (χ0v) is 13.5. The second-order valence-electron chi connectivity index (χ2n) is 6.18. The van der Waals surface area contributed by atoms with Gasteiger partial charge in [-0.2, -0.15) is 18.3 Å². The number of aryl methyl sites for hydroxylation is 1. The molecule has 3 rings (SSSR count). The van der Waals surface area contributed by atoms with Crippen molar-refractivity contribution in [3.8, 4) is 5.75 Å². The van der Waals surface area contributed by atoms with Crippen molar-refractivity contribution in [3.05, 3.63) is 47.8 Å². The molecule has 1 aliphatic rings. The molecule has 4 nitrogen and oxygen atoms in total. The third-order valence-electron chi connectivity index (χ3n) is 4.23. The molecule has 2 aromatic rings. The molecule has 1 atom stereocenters. The summed E-state index contributed by atoms with van der Waals surface area (Å²) >= 11 is 0. The maximum absolute atomic E-state index is 12.4. The van der Waals surface area contributed by atoms with Gasteiger partial charge in [0.25, 0.3) is 0 Å². The van der Waals surface area contributed by atoms with Gasteiger partial charge in [-0.1, -0.05) is 18.2 Å². The summed E-state index contributed by atoms with van der Waals surface area (Å²) in [5.41, 5.74) is 2.00. The summed E-state index contributed by atoms with van der Waals surface area (Å²) in [6, 6.07) is 6.93. The SMILES string of the molecule is Cn1cc(C2CCN(Cc3ccccc3OCC(F)(F)F)C2)cn1. The van der Waals surface area contributed by atoms with E-state index in [2.05, 4.69) is 10.00 Å². The van der Waals surface area contributed by atoms with Crippen molar-refractivity contribution in [1.82, 2.24) is 14.7 Å². The summed E-state index contributed by atoms with van der Waals surface area (Å²) in [6.07, 6.45) is 0.604. The molecule has 1 aromatic carbocycles. The predicted molar refractivity (Wildman–Crippen MR) is 83.8 cm³/mol. The highest BCUT2D eigenvalue weighted by Crippen LogP contribution is 2.30. The van der Waals surface area contributed by atoms with Crippen LogP contribution < -0.4 is 4.74 Å². The minimum Gasteiger partial charge on any atom is -0.484 e. The number of ether oxygens (including phenoxy) is 1. The molecule has 7 heteroatoms. The molecule has 0 N–H and O–H groups in total. The molecule has 0 amide bonds. The van der Waals surface area contributed by atoms with Crippen LogP contribution in [0, 0.1) is 0 Å². The van der Waals surface area contributed by atoms with Crippen LogP contribution in [-0.2, 0) is 13.6 Å². The highest BCUT2D eigenvalue weighted by molar-refractivity contribution is 5.33. The Balaban J connectivity index is 1.62. The van der Waals surface area contributed by atoms with Gasteiger partial charge in [0.1, 0.15) is 5.75 Å². The molecule has 1 aromatic heterocycles. The number of aromatic nitrogens is 2. The first-order chi connectivity index (χ1) is 11.4. The van der Waals surface area contributed by atoms with Gasteiger partial charge in [-0.3, -0.25) is 9.58 Å². The lowest BCUT2D eigenvalue weighted by Gasteiger charge is -2.19. The second-order valence-corrected chi connectivity index (χ2v) is 6.18. The summed E-state index contributed by atoms with van der Waals surface area (Å²) < 4.78 is 43.9. The number of rotatable bonds is 5. The number of alkyl halides is 3. The lowest BCUT2D eigenvalue weighted by molar-refractivity contribution is -0.153. The quantitative estimate of drug-likeness (QED) is 0.837. The Labute approximate surface area is 138 Å². The summed E-state index contributed by atoms with van der Waals surface area (Å²) in [4.78, 5) is 2.24. The molecule has 0 spiro atoms. The van der Waals surface area contributed by atoms with Crippen molar-refractivity contribution in [2.45, 2.75) is 25.1 Å². The van der Waals surface area contributed by atoms with Crippen LogP contribution in [0.3, 0.4) is 0 Å². The maximum atomic E-state index is 12.4. The molecule has 2 heterocycles. The minimum atomic E-state index is -4.33. The molecular formula is C17H20F3N3O. The van der Waals surface area contributed by atoms with Crippen molar-refractivity contribution >= 4 is 0 Å². The van der Waals surface area contributed by atoms with Gasteiger partial charge < -0.3 is 4.74 Å². The highest BCUT2D eigenvalue weighted by atomic mass is 19.4. The van der Waals surface area contributed by atoms with Crippen molar-refractivity contribution in [2.75, 3.05) is 19.7 Å². The monoisotopic (exact) mass is 339 g/mol. The van der Waals surface area contributed by atoms with Crippen molar-refractivity contribution in [2.24, 2.45) is 7.05 Å². The number of halogens is 3. The fourth-order valence-electron chi connectivity index (χ4n) is 3.08. The fourth-order valence-corrected chi connectivity index (χ4v) is 3.08. The van der Waals surface area contributed by atoms with E-state index < -0.39 is 12.8 Å². The normalized spacial score (nSPS) is 18.9. The molecule has 0 radical (unpaired) electrons. The first-order valence-electron chi connectivity index (χ1n) is 7.89. The van der Waals surface area contributed by atoms with Gasteiger partial charge in [0.15, 0.2) is 6.61 Å². The third kappa shape index (κ3) is 4.29. The van der Waals surface area contributed by atoms with Gasteiger partial charge in [-0.15, -0.1) is 0 Å². The second kappa shape index (κ2) is 6.84. The lowest BCUT2D eigenvalue weighted by Crippen LogP contribution is -2.22. The first-order valence-corrected chi connectivity index (χ1v) is 7.89. The Kier molecular flexibility index (Phi) is 4.80. The summed E-state index contributed by atoms with van der Waals surface area (Å²) in [5, 5.41) is 4.20. The Hall–Kier alpha value is -2.02. The maximum Gasteiger partial charge on any atom is 0.422 e. The summed E-state index contributed by atoms with van der Waals surface area (Å²) in [6.45, 7) is 1.11. The van der Waals surface area contributed by atoms with Crippen LogP contribution >= 0.6 is 0 Å². The van der Waals surface area contributed by atoms with Crippen LogP contribution in [0.1, 0.15) is 23.5 Å². The van der Waals surface area contributed by atoms with Crippen LogP contribution in [0.5, 0.6) is 5.75 Å². The van der Waals surface area contributed by atoms with Crippen LogP contribution in [0.15, 0.2) is 36.7 Å². The molecule has 0 saturated carbocycles. The summed E-state index contributed by atoms with van der Waals surface area (Å²) in [7, 11) is 1.89. The van der Waals surface area contributed by atoms with E-state index >= 15 is 0 Å². The van der Waals surface area contributed by atoms with Crippen LogP contribution in [-0.4, -0.2) is 40.6 Å². The van der Waals surface area contributed by atoms with E-state index in [1.54, 1.807) is 16.8 Å². The average molecular weight is 339 g/mol. The van der Waals surface area contributed by atoms with Gasteiger partial charge in [0.2, 0.25) is 0 Å². The smallest absolute Gasteiger partial charge is 0.422 e. The van der Waals surface area contributed by atoms with Gasteiger partial charge in [0.05, 0.1) is 6.20 Å². The van der Waals surface area contributed by atoms with Gasteiger partial charge in [0, 0.05) is 37.8 Å². The number of hydrogen-bond acceptors (Lipinski definition) is 3. The van der Waals surface area contributed by atoms with E-state index in [1.165, 1.54) is 5.56 Å². The van der Waals surface area contributed by atoms with Crippen LogP contribution in [0.4, 0.5) is 13.2 Å². The number of benzene rings is 1. The topological polar surface area (TPSA) is 30.3 Å². The summed E-state index contributed by atoms with van der Waals surface area (Å²) in [5.74, 6) is 0.724. The molecule has 1 aliphatic heterocycles. The first kappa shape index (κ1) is 16.8. The number of hydrogen-bond donors (Lipinski definition) is 0. The van der Waals surface area contributed by atoms with Crippen molar-refractivity contribution in [3.63, 3.8) is 0 Å². The highest BCUT2D eigenvalue weighted by Gasteiger charge is 2.29. The molecule has 1 fully saturated rings. The zero-order valence-electron chi connectivity index (χ0n) is 13.5. The van der Waals surface area contributed by atoms with Gasteiger partial charge in [-0.05, 0) is 24.6 Å². The molecule has 0 bridgehead atoms.